The molecule has 0 saturated carbocycles. The molecule has 0 spiro atoms. The molecule has 3 nitrogen and oxygen atoms in total. The second-order valence-electron chi connectivity index (χ2n) is 4.01. The fourth-order valence-electron chi connectivity index (χ4n) is 1.65. The highest BCUT2D eigenvalue weighted by atomic mass is 19.1. The van der Waals surface area contributed by atoms with Crippen molar-refractivity contribution in [1.82, 2.24) is 4.90 Å². The van der Waals surface area contributed by atoms with Crippen LogP contribution in [0.4, 0.5) is 4.39 Å². The Hall–Kier alpha value is -1.13. The zero-order chi connectivity index (χ0) is 12.7. The summed E-state index contributed by atoms with van der Waals surface area (Å²) in [6, 6.07) is 5.03. The van der Waals surface area contributed by atoms with Crippen molar-refractivity contribution in [3.63, 3.8) is 0 Å². The van der Waals surface area contributed by atoms with Gasteiger partial charge in [0.2, 0.25) is 0 Å². The summed E-state index contributed by atoms with van der Waals surface area (Å²) < 4.78 is 18.7. The number of aliphatic hydroxyl groups is 1. The summed E-state index contributed by atoms with van der Waals surface area (Å²) in [5.74, 6) is -0.0193. The molecule has 4 heteroatoms. The molecule has 0 atom stereocenters. The first kappa shape index (κ1) is 13.9. The summed E-state index contributed by atoms with van der Waals surface area (Å²) >= 11 is 0. The Labute approximate surface area is 102 Å². The van der Waals surface area contributed by atoms with Gasteiger partial charge in [-0.25, -0.2) is 4.39 Å². The van der Waals surface area contributed by atoms with Crippen LogP contribution in [0, 0.1) is 5.82 Å². The lowest BCUT2D eigenvalue weighted by atomic mass is 10.2. The van der Waals surface area contributed by atoms with Gasteiger partial charge in [-0.15, -0.1) is 0 Å². The van der Waals surface area contributed by atoms with Gasteiger partial charge in [0.05, 0.1) is 6.61 Å². The number of hydrogen-bond donors (Lipinski definition) is 1. The van der Waals surface area contributed by atoms with Gasteiger partial charge in [-0.2, -0.15) is 0 Å². The first-order valence-electron chi connectivity index (χ1n) is 5.88. The topological polar surface area (TPSA) is 32.7 Å². The van der Waals surface area contributed by atoms with E-state index in [1.807, 2.05) is 24.9 Å². The molecule has 0 aliphatic carbocycles. The van der Waals surface area contributed by atoms with Gasteiger partial charge in [-0.3, -0.25) is 0 Å². The van der Waals surface area contributed by atoms with E-state index in [1.165, 1.54) is 6.07 Å². The van der Waals surface area contributed by atoms with Crippen LogP contribution in [-0.4, -0.2) is 36.8 Å². The van der Waals surface area contributed by atoms with Crippen molar-refractivity contribution in [3.05, 3.63) is 29.6 Å². The molecule has 17 heavy (non-hydrogen) atoms. The molecule has 0 aliphatic rings. The minimum absolute atomic E-state index is 0.183. The van der Waals surface area contributed by atoms with Crippen molar-refractivity contribution in [2.24, 2.45) is 0 Å². The molecule has 0 fully saturated rings. The fraction of sp³-hybridized carbons (Fsp3) is 0.538. The summed E-state index contributed by atoms with van der Waals surface area (Å²) in [5, 5.41) is 8.72. The molecule has 96 valence electrons. The highest BCUT2D eigenvalue weighted by Gasteiger charge is 2.06. The number of benzene rings is 1. The second kappa shape index (κ2) is 7.25. The smallest absolute Gasteiger partial charge is 0.165 e. The largest absolute Gasteiger partial charge is 0.491 e. The van der Waals surface area contributed by atoms with Crippen LogP contribution in [0.15, 0.2) is 18.2 Å². The van der Waals surface area contributed by atoms with Gasteiger partial charge in [-0.1, -0.05) is 6.07 Å². The minimum Gasteiger partial charge on any atom is -0.491 e. The number of ether oxygens (including phenoxy) is 1. The van der Waals surface area contributed by atoms with Crippen LogP contribution >= 0.6 is 0 Å². The Bertz CT molecular complexity index is 344. The Morgan fingerprint density at radius 1 is 1.41 bits per heavy atom. The zero-order valence-corrected chi connectivity index (χ0v) is 10.4. The predicted octanol–water partition coefficient (Wildman–Crippen LogP) is 2.04. The zero-order valence-electron chi connectivity index (χ0n) is 10.4. The second-order valence-corrected chi connectivity index (χ2v) is 4.01. The maximum atomic E-state index is 13.6. The average molecular weight is 241 g/mol. The van der Waals surface area contributed by atoms with Gasteiger partial charge in [-0.05, 0) is 38.1 Å². The molecule has 1 aromatic carbocycles. The van der Waals surface area contributed by atoms with E-state index in [0.29, 0.717) is 18.9 Å². The quantitative estimate of drug-likeness (QED) is 0.793. The average Bonchev–Trinajstić information content (AvgIpc) is 2.30. The monoisotopic (exact) mass is 241 g/mol. The van der Waals surface area contributed by atoms with Gasteiger partial charge in [0.15, 0.2) is 11.6 Å². The van der Waals surface area contributed by atoms with Crippen molar-refractivity contribution in [2.45, 2.75) is 19.9 Å². The van der Waals surface area contributed by atoms with E-state index in [-0.39, 0.29) is 12.4 Å². The van der Waals surface area contributed by atoms with Crippen LogP contribution in [0.3, 0.4) is 0 Å². The molecule has 0 unspecified atom stereocenters. The number of aliphatic hydroxyl groups excluding tert-OH is 1. The van der Waals surface area contributed by atoms with Gasteiger partial charge < -0.3 is 14.7 Å². The van der Waals surface area contributed by atoms with Crippen LogP contribution in [0.2, 0.25) is 0 Å². The number of nitrogens with zero attached hydrogens (tertiary/aromatic N) is 1. The third-order valence-corrected chi connectivity index (χ3v) is 2.45. The van der Waals surface area contributed by atoms with Crippen LogP contribution in [0.25, 0.3) is 0 Å². The Kier molecular flexibility index (Phi) is 5.94. The van der Waals surface area contributed by atoms with Crippen molar-refractivity contribution in [1.29, 1.82) is 0 Å². The summed E-state index contributed by atoms with van der Waals surface area (Å²) in [4.78, 5) is 2.05. The highest BCUT2D eigenvalue weighted by Crippen LogP contribution is 2.19. The summed E-state index contributed by atoms with van der Waals surface area (Å²) in [7, 11) is 1.95. The highest BCUT2D eigenvalue weighted by molar-refractivity contribution is 5.29. The summed E-state index contributed by atoms with van der Waals surface area (Å²) in [6.45, 7) is 3.94. The van der Waals surface area contributed by atoms with E-state index < -0.39 is 0 Å². The van der Waals surface area contributed by atoms with Crippen molar-refractivity contribution >= 4 is 0 Å². The van der Waals surface area contributed by atoms with E-state index in [1.54, 1.807) is 6.07 Å². The van der Waals surface area contributed by atoms with Crippen LogP contribution in [0.1, 0.15) is 18.9 Å². The maximum Gasteiger partial charge on any atom is 0.165 e. The molecular formula is C13H20FNO2. The Balaban J connectivity index is 2.57. The number of halogens is 1. The van der Waals surface area contributed by atoms with Gasteiger partial charge >= 0.3 is 0 Å². The molecule has 0 bridgehead atoms. The number of hydrogen-bond acceptors (Lipinski definition) is 3. The van der Waals surface area contributed by atoms with Crippen molar-refractivity contribution in [2.75, 3.05) is 26.8 Å². The van der Waals surface area contributed by atoms with Crippen molar-refractivity contribution < 1.29 is 14.2 Å². The van der Waals surface area contributed by atoms with Crippen LogP contribution in [0.5, 0.6) is 5.75 Å². The lowest BCUT2D eigenvalue weighted by molar-refractivity contribution is 0.244. The third kappa shape index (κ3) is 4.71. The molecule has 0 aromatic heterocycles. The lowest BCUT2D eigenvalue weighted by Gasteiger charge is -2.16. The fourth-order valence-corrected chi connectivity index (χ4v) is 1.65. The molecule has 0 radical (unpaired) electrons. The maximum absolute atomic E-state index is 13.6. The summed E-state index contributed by atoms with van der Waals surface area (Å²) in [5.41, 5.74) is 0.909. The molecule has 1 rings (SSSR count). The van der Waals surface area contributed by atoms with E-state index in [0.717, 1.165) is 18.5 Å². The first-order chi connectivity index (χ1) is 8.17. The molecule has 1 N–H and O–H groups in total. The first-order valence-corrected chi connectivity index (χ1v) is 5.88. The van der Waals surface area contributed by atoms with E-state index >= 15 is 0 Å². The molecule has 0 aliphatic heterocycles. The van der Waals surface area contributed by atoms with E-state index in [2.05, 4.69) is 0 Å². The predicted molar refractivity (Wildman–Crippen MR) is 65.6 cm³/mol. The molecule has 0 saturated heterocycles. The molecule has 0 heterocycles. The summed E-state index contributed by atoms with van der Waals surface area (Å²) in [6.07, 6.45) is 0.732. The standard InChI is InChI=1S/C13H20FNO2/c1-3-17-13-6-5-11(9-12(13)14)10-15(2)7-4-8-16/h5-6,9,16H,3-4,7-8,10H2,1-2H3. The lowest BCUT2D eigenvalue weighted by Crippen LogP contribution is -2.19. The Morgan fingerprint density at radius 2 is 2.18 bits per heavy atom. The van der Waals surface area contributed by atoms with Gasteiger partial charge in [0.1, 0.15) is 0 Å². The molecule has 0 amide bonds. The van der Waals surface area contributed by atoms with E-state index in [4.69, 9.17) is 9.84 Å². The number of rotatable bonds is 7. The minimum atomic E-state index is -0.320. The molecular weight excluding hydrogens is 221 g/mol. The van der Waals surface area contributed by atoms with Gasteiger partial charge in [0, 0.05) is 19.7 Å². The normalized spacial score (nSPS) is 10.9. The van der Waals surface area contributed by atoms with Gasteiger partial charge in [0.25, 0.3) is 0 Å². The third-order valence-electron chi connectivity index (χ3n) is 2.45. The SMILES string of the molecule is CCOc1ccc(CN(C)CCCO)cc1F. The van der Waals surface area contributed by atoms with Crippen LogP contribution < -0.4 is 4.74 Å². The van der Waals surface area contributed by atoms with Crippen LogP contribution in [-0.2, 0) is 6.54 Å². The Morgan fingerprint density at radius 3 is 2.76 bits per heavy atom. The molecule has 1 aromatic rings. The van der Waals surface area contributed by atoms with Crippen molar-refractivity contribution in [3.8, 4) is 5.75 Å². The van der Waals surface area contributed by atoms with E-state index in [9.17, 15) is 4.39 Å².